The lowest BCUT2D eigenvalue weighted by atomic mass is 9.69. The third-order valence-corrected chi connectivity index (χ3v) is 5.59. The number of nitrogens with one attached hydrogen (secondary N) is 2. The van der Waals surface area contributed by atoms with Gasteiger partial charge in [-0.1, -0.05) is 73.7 Å². The lowest BCUT2D eigenvalue weighted by molar-refractivity contribution is -0.118. The van der Waals surface area contributed by atoms with E-state index in [-0.39, 0.29) is 13.3 Å². The molecule has 3 heteroatoms. The number of anilines is 2. The minimum Gasteiger partial charge on any atom is -0.384 e. The summed E-state index contributed by atoms with van der Waals surface area (Å²) in [4.78, 5) is 13.5. The van der Waals surface area contributed by atoms with E-state index in [1.54, 1.807) is 0 Å². The predicted octanol–water partition coefficient (Wildman–Crippen LogP) is 4.89. The van der Waals surface area contributed by atoms with E-state index in [1.807, 2.05) is 36.4 Å². The standard InChI is InChI=1S/C23H20N2O.CH4/c1-15-13-16-11-12-24-21(16)19(14-15)23(17-7-3-2-4-8-17)18-9-5-6-10-20(18)25-22(23)26;/h2-10,13-14,24H,11-12H2,1H3,(H,25,26);1H4. The molecule has 1 unspecified atom stereocenters. The first kappa shape index (κ1) is 17.3. The second-order valence-electron chi connectivity index (χ2n) is 7.14. The third kappa shape index (κ3) is 2.31. The molecule has 2 N–H and O–H groups in total. The SMILES string of the molecule is C.Cc1cc2c(c(C3(c4ccccc4)C(=O)Nc4ccccc43)c1)NCC2. The van der Waals surface area contributed by atoms with E-state index >= 15 is 0 Å². The maximum atomic E-state index is 13.5. The number of aryl methyl sites for hydroxylation is 1. The van der Waals surface area contributed by atoms with E-state index in [1.165, 1.54) is 11.1 Å². The van der Waals surface area contributed by atoms with Gasteiger partial charge in [0.15, 0.2) is 0 Å². The molecule has 5 rings (SSSR count). The minimum atomic E-state index is -0.828. The van der Waals surface area contributed by atoms with E-state index in [0.29, 0.717) is 0 Å². The van der Waals surface area contributed by atoms with Crippen LogP contribution in [-0.2, 0) is 16.6 Å². The predicted molar refractivity (Wildman–Crippen MR) is 111 cm³/mol. The average Bonchev–Trinajstić information content (AvgIpc) is 3.23. The summed E-state index contributed by atoms with van der Waals surface area (Å²) in [5, 5.41) is 6.67. The van der Waals surface area contributed by atoms with Gasteiger partial charge in [-0.25, -0.2) is 0 Å². The van der Waals surface area contributed by atoms with E-state index in [9.17, 15) is 4.79 Å². The van der Waals surface area contributed by atoms with E-state index in [4.69, 9.17) is 0 Å². The van der Waals surface area contributed by atoms with Gasteiger partial charge in [-0.15, -0.1) is 0 Å². The molecular weight excluding hydrogens is 332 g/mol. The molecule has 2 aliphatic rings. The van der Waals surface area contributed by atoms with Gasteiger partial charge in [0.2, 0.25) is 5.91 Å². The maximum Gasteiger partial charge on any atom is 0.244 e. The van der Waals surface area contributed by atoms with Crippen molar-refractivity contribution >= 4 is 17.3 Å². The molecule has 1 amide bonds. The molecule has 2 heterocycles. The monoisotopic (exact) mass is 356 g/mol. The highest BCUT2D eigenvalue weighted by Crippen LogP contribution is 2.51. The van der Waals surface area contributed by atoms with E-state index < -0.39 is 5.41 Å². The second kappa shape index (κ2) is 6.27. The minimum absolute atomic E-state index is 0. The smallest absolute Gasteiger partial charge is 0.244 e. The average molecular weight is 356 g/mol. The van der Waals surface area contributed by atoms with Crippen LogP contribution in [-0.4, -0.2) is 12.5 Å². The summed E-state index contributed by atoms with van der Waals surface area (Å²) in [6.07, 6.45) is 0.998. The first-order valence-corrected chi connectivity index (χ1v) is 9.05. The molecule has 2 aliphatic heterocycles. The summed E-state index contributed by atoms with van der Waals surface area (Å²) in [6, 6.07) is 22.6. The van der Waals surface area contributed by atoms with Crippen molar-refractivity contribution in [2.24, 2.45) is 0 Å². The number of carbonyl (C=O) groups excluding carboxylic acids is 1. The van der Waals surface area contributed by atoms with Crippen molar-refractivity contribution in [2.45, 2.75) is 26.2 Å². The fourth-order valence-corrected chi connectivity index (χ4v) is 4.54. The molecule has 0 fully saturated rings. The van der Waals surface area contributed by atoms with Gasteiger partial charge in [0.05, 0.1) is 0 Å². The van der Waals surface area contributed by atoms with Crippen LogP contribution in [0.5, 0.6) is 0 Å². The van der Waals surface area contributed by atoms with Crippen LogP contribution < -0.4 is 10.6 Å². The zero-order valence-electron chi connectivity index (χ0n) is 14.7. The number of hydrogen-bond acceptors (Lipinski definition) is 2. The first-order valence-electron chi connectivity index (χ1n) is 9.05. The highest BCUT2D eigenvalue weighted by molar-refractivity contribution is 6.12. The molecule has 0 aromatic heterocycles. The number of hydrogen-bond donors (Lipinski definition) is 2. The quantitative estimate of drug-likeness (QED) is 0.687. The Labute approximate surface area is 160 Å². The molecule has 0 aliphatic carbocycles. The number of carbonyl (C=O) groups is 1. The Morgan fingerprint density at radius 3 is 2.48 bits per heavy atom. The van der Waals surface area contributed by atoms with Gasteiger partial charge in [-0.2, -0.15) is 0 Å². The normalized spacial score (nSPS) is 19.5. The van der Waals surface area contributed by atoms with E-state index in [2.05, 4.69) is 47.9 Å². The lowest BCUT2D eigenvalue weighted by Gasteiger charge is -2.31. The summed E-state index contributed by atoms with van der Waals surface area (Å²) >= 11 is 0. The zero-order chi connectivity index (χ0) is 17.7. The van der Waals surface area contributed by atoms with Crippen LogP contribution in [0, 0.1) is 6.92 Å². The summed E-state index contributed by atoms with van der Waals surface area (Å²) < 4.78 is 0. The molecule has 0 saturated carbocycles. The molecule has 3 aromatic carbocycles. The van der Waals surface area contributed by atoms with Gasteiger partial charge < -0.3 is 10.6 Å². The van der Waals surface area contributed by atoms with Gasteiger partial charge in [0.1, 0.15) is 5.41 Å². The molecule has 3 nitrogen and oxygen atoms in total. The summed E-state index contributed by atoms with van der Waals surface area (Å²) in [5.74, 6) is 0.0198. The fraction of sp³-hybridized carbons (Fsp3) is 0.208. The van der Waals surface area contributed by atoms with Crippen LogP contribution in [0.25, 0.3) is 0 Å². The highest BCUT2D eigenvalue weighted by Gasteiger charge is 2.51. The van der Waals surface area contributed by atoms with Gasteiger partial charge >= 0.3 is 0 Å². The Morgan fingerprint density at radius 1 is 0.926 bits per heavy atom. The van der Waals surface area contributed by atoms with Crippen molar-refractivity contribution in [1.29, 1.82) is 0 Å². The summed E-state index contributed by atoms with van der Waals surface area (Å²) in [5.41, 5.74) is 6.76. The molecule has 27 heavy (non-hydrogen) atoms. The number of amides is 1. The van der Waals surface area contributed by atoms with Crippen molar-refractivity contribution in [3.63, 3.8) is 0 Å². The molecule has 0 saturated heterocycles. The largest absolute Gasteiger partial charge is 0.384 e. The number of rotatable bonds is 2. The first-order chi connectivity index (χ1) is 12.7. The van der Waals surface area contributed by atoms with Crippen LogP contribution >= 0.6 is 0 Å². The Balaban J connectivity index is 0.00000180. The van der Waals surface area contributed by atoms with Crippen molar-refractivity contribution < 1.29 is 4.79 Å². The molecular formula is C24H24N2O. The van der Waals surface area contributed by atoms with Crippen LogP contribution in [0.4, 0.5) is 11.4 Å². The molecule has 136 valence electrons. The van der Waals surface area contributed by atoms with Crippen molar-refractivity contribution in [3.8, 4) is 0 Å². The fourth-order valence-electron chi connectivity index (χ4n) is 4.54. The van der Waals surface area contributed by atoms with E-state index in [0.717, 1.165) is 41.0 Å². The molecule has 1 atom stereocenters. The van der Waals surface area contributed by atoms with Gasteiger partial charge in [0, 0.05) is 29.0 Å². The molecule has 0 spiro atoms. The summed E-state index contributed by atoms with van der Waals surface area (Å²) in [7, 11) is 0. The van der Waals surface area contributed by atoms with Crippen LogP contribution in [0.1, 0.15) is 35.2 Å². The van der Waals surface area contributed by atoms with Crippen molar-refractivity contribution in [3.05, 3.63) is 94.5 Å². The van der Waals surface area contributed by atoms with Crippen molar-refractivity contribution in [1.82, 2.24) is 0 Å². The Morgan fingerprint density at radius 2 is 1.67 bits per heavy atom. The Kier molecular flexibility index (Phi) is 4.03. The second-order valence-corrected chi connectivity index (χ2v) is 7.14. The van der Waals surface area contributed by atoms with Crippen LogP contribution in [0.3, 0.4) is 0 Å². The van der Waals surface area contributed by atoms with Gasteiger partial charge in [0.25, 0.3) is 0 Å². The molecule has 0 radical (unpaired) electrons. The molecule has 3 aromatic rings. The van der Waals surface area contributed by atoms with Crippen LogP contribution in [0.15, 0.2) is 66.7 Å². The lowest BCUT2D eigenvalue weighted by Crippen LogP contribution is -2.37. The third-order valence-electron chi connectivity index (χ3n) is 5.59. The number of para-hydroxylation sites is 1. The van der Waals surface area contributed by atoms with Crippen molar-refractivity contribution in [2.75, 3.05) is 17.2 Å². The topological polar surface area (TPSA) is 41.1 Å². The maximum absolute atomic E-state index is 13.5. The zero-order valence-corrected chi connectivity index (χ0v) is 14.7. The summed E-state index contributed by atoms with van der Waals surface area (Å²) in [6.45, 7) is 3.03. The number of benzene rings is 3. The van der Waals surface area contributed by atoms with Crippen LogP contribution in [0.2, 0.25) is 0 Å². The van der Waals surface area contributed by atoms with Gasteiger partial charge in [-0.05, 0) is 30.5 Å². The van der Waals surface area contributed by atoms with Gasteiger partial charge in [-0.3, -0.25) is 4.79 Å². The molecule has 0 bridgehead atoms. The highest BCUT2D eigenvalue weighted by atomic mass is 16.2. The Hall–Kier alpha value is -3.07. The Bertz CT molecular complexity index is 1030. The number of fused-ring (bicyclic) bond motifs is 2.